The Labute approximate surface area is 231 Å². The van der Waals surface area contributed by atoms with Gasteiger partial charge in [0.05, 0.1) is 29.2 Å². The summed E-state index contributed by atoms with van der Waals surface area (Å²) < 4.78 is -0.905. The number of aliphatic hydroxyl groups excluding tert-OH is 1. The zero-order chi connectivity index (χ0) is 27.2. The van der Waals surface area contributed by atoms with Crippen molar-refractivity contribution in [3.63, 3.8) is 0 Å². The minimum Gasteiger partial charge on any atom is -0.481 e. The fourth-order valence-electron chi connectivity index (χ4n) is 6.77. The highest BCUT2D eigenvalue weighted by Crippen LogP contribution is 2.69. The van der Waals surface area contributed by atoms with E-state index in [1.165, 1.54) is 16.7 Å². The summed E-state index contributed by atoms with van der Waals surface area (Å²) in [5.74, 6) is -3.45. The Kier molecular flexibility index (Phi) is 7.33. The third-order valence-electron chi connectivity index (χ3n) is 8.34. The first-order valence-corrected chi connectivity index (χ1v) is 14.1. The van der Waals surface area contributed by atoms with Gasteiger partial charge in [0, 0.05) is 22.5 Å². The predicted octanol–water partition coefficient (Wildman–Crippen LogP) is 3.88. The third kappa shape index (κ3) is 4.14. The molecule has 38 heavy (non-hydrogen) atoms. The van der Waals surface area contributed by atoms with Crippen molar-refractivity contribution in [3.05, 3.63) is 77.8 Å². The van der Waals surface area contributed by atoms with Gasteiger partial charge in [-0.25, -0.2) is 0 Å². The predicted molar refractivity (Wildman–Crippen MR) is 148 cm³/mol. The number of carboxylic acid groups (broad SMARTS) is 1. The molecule has 1 spiro atoms. The second-order valence-electron chi connectivity index (χ2n) is 10.4. The van der Waals surface area contributed by atoms with E-state index in [9.17, 15) is 24.6 Å². The first-order valence-electron chi connectivity index (χ1n) is 12.8. The molecule has 0 saturated carbocycles. The molecule has 2 N–H and O–H groups in total. The monoisotopic (exact) mass is 554 g/mol. The van der Waals surface area contributed by atoms with Gasteiger partial charge in [0.25, 0.3) is 5.91 Å². The van der Waals surface area contributed by atoms with E-state index in [0.717, 1.165) is 5.56 Å². The van der Waals surface area contributed by atoms with Gasteiger partial charge in [-0.05, 0) is 48.6 Å². The number of fused-ring (bicyclic) bond motifs is 1. The summed E-state index contributed by atoms with van der Waals surface area (Å²) in [4.78, 5) is 44.4. The molecule has 2 bridgehead atoms. The van der Waals surface area contributed by atoms with Gasteiger partial charge in [-0.1, -0.05) is 54.9 Å². The lowest BCUT2D eigenvalue weighted by molar-refractivity contribution is -0.149. The number of thioether (sulfide) groups is 1. The zero-order valence-corrected chi connectivity index (χ0v) is 22.6. The number of hydrogen-bond donors (Lipinski definition) is 2. The van der Waals surface area contributed by atoms with Crippen molar-refractivity contribution in [1.29, 1.82) is 0 Å². The van der Waals surface area contributed by atoms with Crippen LogP contribution in [0.5, 0.6) is 0 Å². The van der Waals surface area contributed by atoms with E-state index in [2.05, 4.69) is 6.58 Å². The normalized spacial score (nSPS) is 30.2. The largest absolute Gasteiger partial charge is 0.481 e. The second-order valence-corrected chi connectivity index (χ2v) is 12.4. The molecule has 2 amide bonds. The summed E-state index contributed by atoms with van der Waals surface area (Å²) in [7, 11) is 0. The van der Waals surface area contributed by atoms with Crippen LogP contribution < -0.4 is 4.90 Å². The number of hydrogen-bond acceptors (Lipinski definition) is 5. The Balaban J connectivity index is 1.63. The van der Waals surface area contributed by atoms with E-state index < -0.39 is 34.6 Å². The first kappa shape index (κ1) is 26.8. The van der Waals surface area contributed by atoms with Gasteiger partial charge in [-0.15, -0.1) is 18.3 Å². The van der Waals surface area contributed by atoms with Crippen molar-refractivity contribution in [2.24, 2.45) is 17.8 Å². The molecule has 0 aliphatic carbocycles. The van der Waals surface area contributed by atoms with Gasteiger partial charge in [0.1, 0.15) is 6.04 Å². The number of halogens is 1. The standard InChI is InChI=1S/C29H31ClN2O5S/c1-3-13-31(20-11-9-19(30)10-12-20)27(35)25-29-17(2)14-22(38-29)23(28(36)37)24(29)26(34)32(25)21(16-33)15-18-7-5-4-6-8-18/h3-12,17,21-25,33H,1,13-16H2,2H3,(H,36,37)/t17?,21-,22-,23+,24+,25?,29?/m1/s1. The highest BCUT2D eigenvalue weighted by Gasteiger charge is 2.77. The van der Waals surface area contributed by atoms with Crippen molar-refractivity contribution in [3.8, 4) is 0 Å². The van der Waals surface area contributed by atoms with Gasteiger partial charge >= 0.3 is 5.97 Å². The fourth-order valence-corrected chi connectivity index (χ4v) is 9.29. The number of aliphatic carboxylic acids is 1. The third-order valence-corrected chi connectivity index (χ3v) is 10.7. The summed E-state index contributed by atoms with van der Waals surface area (Å²) in [5.41, 5.74) is 1.52. The van der Waals surface area contributed by atoms with E-state index in [0.29, 0.717) is 23.6 Å². The molecule has 5 rings (SSSR count). The van der Waals surface area contributed by atoms with Crippen molar-refractivity contribution in [2.45, 2.75) is 41.8 Å². The first-order chi connectivity index (χ1) is 18.2. The summed E-state index contributed by atoms with van der Waals surface area (Å²) in [5, 5.41) is 21.0. The van der Waals surface area contributed by atoms with Crippen LogP contribution in [0.2, 0.25) is 5.02 Å². The average Bonchev–Trinajstić information content (AvgIpc) is 3.50. The van der Waals surface area contributed by atoms with E-state index in [1.54, 1.807) is 35.2 Å². The molecule has 0 radical (unpaired) electrons. The Bertz CT molecular complexity index is 1240. The fraction of sp³-hybridized carbons (Fsp3) is 0.414. The molecule has 200 valence electrons. The smallest absolute Gasteiger partial charge is 0.308 e. The number of benzene rings is 2. The van der Waals surface area contributed by atoms with Gasteiger partial charge in [0.2, 0.25) is 5.91 Å². The molecule has 3 fully saturated rings. The summed E-state index contributed by atoms with van der Waals surface area (Å²) in [6.07, 6.45) is 2.59. The van der Waals surface area contributed by atoms with Crippen LogP contribution in [-0.2, 0) is 20.8 Å². The highest BCUT2D eigenvalue weighted by atomic mass is 35.5. The number of carbonyl (C=O) groups is 3. The molecule has 3 heterocycles. The number of anilines is 1. The van der Waals surface area contributed by atoms with E-state index >= 15 is 0 Å². The lowest BCUT2D eigenvalue weighted by Gasteiger charge is -2.42. The van der Waals surface area contributed by atoms with Crippen LogP contribution in [0, 0.1) is 17.8 Å². The van der Waals surface area contributed by atoms with Gasteiger partial charge < -0.3 is 20.0 Å². The maximum absolute atomic E-state index is 14.6. The Morgan fingerprint density at radius 3 is 2.53 bits per heavy atom. The molecule has 3 aliphatic rings. The lowest BCUT2D eigenvalue weighted by Crippen LogP contribution is -2.59. The number of amides is 2. The molecule has 7 nitrogen and oxygen atoms in total. The van der Waals surface area contributed by atoms with Gasteiger partial charge in [-0.3, -0.25) is 14.4 Å². The van der Waals surface area contributed by atoms with Crippen molar-refractivity contribution in [2.75, 3.05) is 18.1 Å². The summed E-state index contributed by atoms with van der Waals surface area (Å²) in [6.45, 7) is 5.70. The Hall–Kier alpha value is -2.81. The van der Waals surface area contributed by atoms with Crippen LogP contribution in [0.15, 0.2) is 67.3 Å². The van der Waals surface area contributed by atoms with Crippen LogP contribution in [0.1, 0.15) is 18.9 Å². The molecule has 3 unspecified atom stereocenters. The van der Waals surface area contributed by atoms with Gasteiger partial charge in [0.15, 0.2) is 0 Å². The minimum atomic E-state index is -1.01. The maximum Gasteiger partial charge on any atom is 0.308 e. The van der Waals surface area contributed by atoms with Crippen LogP contribution in [-0.4, -0.2) is 68.1 Å². The number of likely N-dealkylation sites (tertiary alicyclic amines) is 1. The molecular formula is C29H31ClN2O5S. The maximum atomic E-state index is 14.6. The number of nitrogens with zero attached hydrogens (tertiary/aromatic N) is 2. The summed E-state index contributed by atoms with van der Waals surface area (Å²) >= 11 is 7.59. The zero-order valence-electron chi connectivity index (χ0n) is 21.1. The van der Waals surface area contributed by atoms with Crippen LogP contribution in [0.25, 0.3) is 0 Å². The number of carbonyl (C=O) groups excluding carboxylic acids is 2. The molecule has 7 atom stereocenters. The molecule has 2 aromatic rings. The van der Waals surface area contributed by atoms with Crippen molar-refractivity contribution in [1.82, 2.24) is 4.90 Å². The van der Waals surface area contributed by atoms with E-state index in [-0.39, 0.29) is 36.1 Å². The van der Waals surface area contributed by atoms with Crippen LogP contribution >= 0.6 is 23.4 Å². The molecule has 9 heteroatoms. The average molecular weight is 555 g/mol. The highest BCUT2D eigenvalue weighted by molar-refractivity contribution is 8.02. The Morgan fingerprint density at radius 2 is 1.92 bits per heavy atom. The quantitative estimate of drug-likeness (QED) is 0.456. The second kappa shape index (κ2) is 10.4. The van der Waals surface area contributed by atoms with Crippen molar-refractivity contribution < 1.29 is 24.6 Å². The van der Waals surface area contributed by atoms with Crippen LogP contribution in [0.4, 0.5) is 5.69 Å². The van der Waals surface area contributed by atoms with Crippen molar-refractivity contribution >= 4 is 46.8 Å². The number of aliphatic hydroxyl groups is 1. The molecular weight excluding hydrogens is 524 g/mol. The number of rotatable bonds is 9. The molecule has 3 saturated heterocycles. The van der Waals surface area contributed by atoms with E-state index in [4.69, 9.17) is 11.6 Å². The molecule has 0 aromatic heterocycles. The van der Waals surface area contributed by atoms with Gasteiger partial charge in [-0.2, -0.15) is 0 Å². The molecule has 3 aliphatic heterocycles. The SMILES string of the molecule is C=CCN(C(=O)C1N([C@@H](CO)Cc2ccccc2)C(=O)[C@@H]2[C@@H](C(=O)O)[C@H]3CC(C)C12S3)c1ccc(Cl)cc1. The van der Waals surface area contributed by atoms with Crippen LogP contribution in [0.3, 0.4) is 0 Å². The topological polar surface area (TPSA) is 98.2 Å². The van der Waals surface area contributed by atoms with E-state index in [1.807, 2.05) is 37.3 Å². The molecule has 2 aromatic carbocycles. The minimum absolute atomic E-state index is 0.0622. The Morgan fingerprint density at radius 1 is 1.24 bits per heavy atom. The number of carboxylic acids is 1. The summed E-state index contributed by atoms with van der Waals surface area (Å²) in [6, 6.07) is 14.8. The lowest BCUT2D eigenvalue weighted by atomic mass is 9.66.